The van der Waals surface area contributed by atoms with Gasteiger partial charge in [-0.3, -0.25) is 4.79 Å². The van der Waals surface area contributed by atoms with Gasteiger partial charge >= 0.3 is 0 Å². The zero-order valence-corrected chi connectivity index (χ0v) is 13.5. The van der Waals surface area contributed by atoms with Crippen LogP contribution in [0.5, 0.6) is 0 Å². The zero-order chi connectivity index (χ0) is 15.4. The lowest BCUT2D eigenvalue weighted by Gasteiger charge is -2.29. The van der Waals surface area contributed by atoms with Gasteiger partial charge in [-0.25, -0.2) is 0 Å². The molecule has 0 bridgehead atoms. The van der Waals surface area contributed by atoms with Crippen molar-refractivity contribution in [3.8, 4) is 0 Å². The van der Waals surface area contributed by atoms with Crippen molar-refractivity contribution in [2.24, 2.45) is 11.7 Å². The first kappa shape index (κ1) is 16.0. The second-order valence-electron chi connectivity index (χ2n) is 6.71. The second-order valence-corrected chi connectivity index (χ2v) is 6.71. The Morgan fingerprint density at radius 3 is 2.52 bits per heavy atom. The molecule has 1 amide bonds. The standard InChI is InChI=1S/C18H28N2O/c1-13(2)15-9-7-14(8-10-15)12-20(3)18(21)16-5-4-6-17(19)11-16/h7-10,13,16-17H,4-6,11-12,19H2,1-3H3. The monoisotopic (exact) mass is 288 g/mol. The van der Waals surface area contributed by atoms with Gasteiger partial charge in [-0.05, 0) is 36.3 Å². The Labute approximate surface area is 128 Å². The van der Waals surface area contributed by atoms with Crippen molar-refractivity contribution in [2.75, 3.05) is 7.05 Å². The van der Waals surface area contributed by atoms with E-state index in [0.29, 0.717) is 12.5 Å². The molecular weight excluding hydrogens is 260 g/mol. The quantitative estimate of drug-likeness (QED) is 0.924. The van der Waals surface area contributed by atoms with E-state index in [1.54, 1.807) is 0 Å². The summed E-state index contributed by atoms with van der Waals surface area (Å²) in [5.41, 5.74) is 8.52. The fourth-order valence-corrected chi connectivity index (χ4v) is 3.12. The van der Waals surface area contributed by atoms with E-state index in [-0.39, 0.29) is 17.9 Å². The molecule has 2 atom stereocenters. The summed E-state index contributed by atoms with van der Waals surface area (Å²) in [7, 11) is 1.90. The minimum Gasteiger partial charge on any atom is -0.341 e. The Morgan fingerprint density at radius 1 is 1.29 bits per heavy atom. The van der Waals surface area contributed by atoms with Gasteiger partial charge in [-0.1, -0.05) is 44.5 Å². The van der Waals surface area contributed by atoms with Crippen LogP contribution in [0.25, 0.3) is 0 Å². The summed E-state index contributed by atoms with van der Waals surface area (Å²) < 4.78 is 0. The third kappa shape index (κ3) is 4.31. The first-order valence-electron chi connectivity index (χ1n) is 8.06. The van der Waals surface area contributed by atoms with Gasteiger partial charge in [-0.2, -0.15) is 0 Å². The molecule has 2 rings (SSSR count). The summed E-state index contributed by atoms with van der Waals surface area (Å²) in [5, 5.41) is 0. The molecule has 0 aromatic heterocycles. The fourth-order valence-electron chi connectivity index (χ4n) is 3.12. The molecule has 1 aliphatic carbocycles. The van der Waals surface area contributed by atoms with E-state index in [0.717, 1.165) is 25.7 Å². The van der Waals surface area contributed by atoms with E-state index in [9.17, 15) is 4.79 Å². The summed E-state index contributed by atoms with van der Waals surface area (Å²) in [6.07, 6.45) is 3.97. The third-order valence-corrected chi connectivity index (χ3v) is 4.51. The third-order valence-electron chi connectivity index (χ3n) is 4.51. The highest BCUT2D eigenvalue weighted by Crippen LogP contribution is 2.25. The SMILES string of the molecule is CC(C)c1ccc(CN(C)C(=O)C2CCCC(N)C2)cc1. The lowest BCUT2D eigenvalue weighted by Crippen LogP contribution is -2.38. The molecule has 3 heteroatoms. The number of hydrogen-bond acceptors (Lipinski definition) is 2. The van der Waals surface area contributed by atoms with Gasteiger partial charge in [0.15, 0.2) is 0 Å². The van der Waals surface area contributed by atoms with Crippen LogP contribution in [-0.2, 0) is 11.3 Å². The molecule has 3 nitrogen and oxygen atoms in total. The number of nitrogens with two attached hydrogens (primary N) is 1. The first-order chi connectivity index (χ1) is 9.97. The summed E-state index contributed by atoms with van der Waals surface area (Å²) in [6, 6.07) is 8.78. The molecule has 0 radical (unpaired) electrons. The summed E-state index contributed by atoms with van der Waals surface area (Å²) in [5.74, 6) is 0.911. The van der Waals surface area contributed by atoms with Crippen molar-refractivity contribution >= 4 is 5.91 Å². The van der Waals surface area contributed by atoms with Gasteiger partial charge in [-0.15, -0.1) is 0 Å². The molecule has 2 unspecified atom stereocenters. The predicted molar refractivity (Wildman–Crippen MR) is 86.9 cm³/mol. The van der Waals surface area contributed by atoms with Crippen LogP contribution in [0.1, 0.15) is 56.6 Å². The highest BCUT2D eigenvalue weighted by atomic mass is 16.2. The van der Waals surface area contributed by atoms with Crippen molar-refractivity contribution in [1.82, 2.24) is 4.90 Å². The number of nitrogens with zero attached hydrogens (tertiary/aromatic N) is 1. The Bertz CT molecular complexity index is 467. The van der Waals surface area contributed by atoms with Gasteiger partial charge in [0, 0.05) is 25.6 Å². The molecular formula is C18H28N2O. The van der Waals surface area contributed by atoms with Gasteiger partial charge in [0.05, 0.1) is 0 Å². The Hall–Kier alpha value is -1.35. The molecule has 21 heavy (non-hydrogen) atoms. The maximum absolute atomic E-state index is 12.5. The van der Waals surface area contributed by atoms with Crippen LogP contribution < -0.4 is 5.73 Å². The van der Waals surface area contributed by atoms with Crippen molar-refractivity contribution in [2.45, 2.75) is 58.0 Å². The second kappa shape index (κ2) is 7.08. The van der Waals surface area contributed by atoms with Gasteiger partial charge in [0.1, 0.15) is 0 Å². The average Bonchev–Trinajstić information content (AvgIpc) is 2.47. The number of carbonyl (C=O) groups is 1. The Kier molecular flexibility index (Phi) is 5.40. The van der Waals surface area contributed by atoms with Crippen LogP contribution >= 0.6 is 0 Å². The molecule has 1 aromatic carbocycles. The lowest BCUT2D eigenvalue weighted by molar-refractivity contribution is -0.135. The van der Waals surface area contributed by atoms with Crippen molar-refractivity contribution in [1.29, 1.82) is 0 Å². The van der Waals surface area contributed by atoms with E-state index in [1.807, 2.05) is 11.9 Å². The van der Waals surface area contributed by atoms with Crippen molar-refractivity contribution < 1.29 is 4.79 Å². The largest absolute Gasteiger partial charge is 0.341 e. The molecule has 0 saturated heterocycles. The highest BCUT2D eigenvalue weighted by Gasteiger charge is 2.27. The van der Waals surface area contributed by atoms with E-state index >= 15 is 0 Å². The summed E-state index contributed by atoms with van der Waals surface area (Å²) in [4.78, 5) is 14.3. The van der Waals surface area contributed by atoms with Crippen LogP contribution in [0, 0.1) is 5.92 Å². The smallest absolute Gasteiger partial charge is 0.225 e. The highest BCUT2D eigenvalue weighted by molar-refractivity contribution is 5.78. The topological polar surface area (TPSA) is 46.3 Å². The molecule has 116 valence electrons. The Balaban J connectivity index is 1.93. The van der Waals surface area contributed by atoms with Crippen LogP contribution in [-0.4, -0.2) is 23.9 Å². The van der Waals surface area contributed by atoms with Gasteiger partial charge in [0.25, 0.3) is 0 Å². The van der Waals surface area contributed by atoms with Gasteiger partial charge in [0.2, 0.25) is 5.91 Å². The van der Waals surface area contributed by atoms with Gasteiger partial charge < -0.3 is 10.6 Å². The van der Waals surface area contributed by atoms with E-state index in [2.05, 4.69) is 38.1 Å². The molecule has 0 aliphatic heterocycles. The van der Waals surface area contributed by atoms with Crippen LogP contribution in [0.4, 0.5) is 0 Å². The van der Waals surface area contributed by atoms with E-state index in [1.165, 1.54) is 11.1 Å². The van der Waals surface area contributed by atoms with Crippen LogP contribution in [0.15, 0.2) is 24.3 Å². The van der Waals surface area contributed by atoms with E-state index < -0.39 is 0 Å². The minimum absolute atomic E-state index is 0.119. The maximum Gasteiger partial charge on any atom is 0.225 e. The summed E-state index contributed by atoms with van der Waals surface area (Å²) >= 11 is 0. The summed E-state index contributed by atoms with van der Waals surface area (Å²) in [6.45, 7) is 5.07. The molecule has 0 heterocycles. The zero-order valence-electron chi connectivity index (χ0n) is 13.5. The maximum atomic E-state index is 12.5. The normalized spacial score (nSPS) is 22.3. The predicted octanol–water partition coefficient (Wildman–Crippen LogP) is 3.29. The van der Waals surface area contributed by atoms with Crippen molar-refractivity contribution in [3.05, 3.63) is 35.4 Å². The molecule has 0 spiro atoms. The Morgan fingerprint density at radius 2 is 1.95 bits per heavy atom. The first-order valence-corrected chi connectivity index (χ1v) is 8.06. The number of amides is 1. The lowest BCUT2D eigenvalue weighted by atomic mass is 9.85. The number of hydrogen-bond donors (Lipinski definition) is 1. The molecule has 1 aliphatic rings. The minimum atomic E-state index is 0.119. The molecule has 2 N–H and O–H groups in total. The van der Waals surface area contributed by atoms with Crippen LogP contribution in [0.3, 0.4) is 0 Å². The molecule has 1 aromatic rings. The number of benzene rings is 1. The van der Waals surface area contributed by atoms with Crippen molar-refractivity contribution in [3.63, 3.8) is 0 Å². The fraction of sp³-hybridized carbons (Fsp3) is 0.611. The molecule has 1 fully saturated rings. The average molecular weight is 288 g/mol. The van der Waals surface area contributed by atoms with E-state index in [4.69, 9.17) is 5.73 Å². The number of carbonyl (C=O) groups excluding carboxylic acids is 1. The van der Waals surface area contributed by atoms with Crippen LogP contribution in [0.2, 0.25) is 0 Å². The molecule has 1 saturated carbocycles. The number of rotatable bonds is 4.